The van der Waals surface area contributed by atoms with Gasteiger partial charge in [0.2, 0.25) is 0 Å². The van der Waals surface area contributed by atoms with E-state index in [-0.39, 0.29) is 23.6 Å². The molecule has 3 aromatic rings. The highest BCUT2D eigenvalue weighted by atomic mass is 19.1. The molecule has 132 valence electrons. The molecule has 0 unspecified atom stereocenters. The predicted molar refractivity (Wildman–Crippen MR) is 102 cm³/mol. The maximum atomic E-state index is 13.9. The molecule has 1 heterocycles. The van der Waals surface area contributed by atoms with Crippen LogP contribution in [0, 0.1) is 5.82 Å². The SMILES string of the molecule is CCC(=O)/C=C/Cn1c(=O)c(N)c(-c2ccccc2)c2cc(F)ccc21. The Kier molecular flexibility index (Phi) is 4.98. The van der Waals surface area contributed by atoms with Crippen molar-refractivity contribution in [3.63, 3.8) is 0 Å². The molecule has 0 fully saturated rings. The Hall–Kier alpha value is -3.21. The highest BCUT2D eigenvalue weighted by Crippen LogP contribution is 2.32. The Morgan fingerprint density at radius 2 is 1.92 bits per heavy atom. The average molecular weight is 350 g/mol. The molecule has 4 nitrogen and oxygen atoms in total. The van der Waals surface area contributed by atoms with Crippen molar-refractivity contribution in [1.29, 1.82) is 0 Å². The lowest BCUT2D eigenvalue weighted by Gasteiger charge is -2.15. The van der Waals surface area contributed by atoms with Crippen LogP contribution in [-0.2, 0) is 11.3 Å². The first-order valence-electron chi connectivity index (χ1n) is 8.39. The lowest BCUT2D eigenvalue weighted by Crippen LogP contribution is -2.24. The fraction of sp³-hybridized carbons (Fsp3) is 0.143. The Morgan fingerprint density at radius 3 is 2.62 bits per heavy atom. The number of hydrogen-bond acceptors (Lipinski definition) is 3. The van der Waals surface area contributed by atoms with E-state index in [1.807, 2.05) is 30.3 Å². The van der Waals surface area contributed by atoms with E-state index in [2.05, 4.69) is 0 Å². The highest BCUT2D eigenvalue weighted by Gasteiger charge is 2.16. The number of carbonyl (C=O) groups is 1. The van der Waals surface area contributed by atoms with Crippen LogP contribution in [0.1, 0.15) is 13.3 Å². The number of carbonyl (C=O) groups excluding carboxylic acids is 1. The summed E-state index contributed by atoms with van der Waals surface area (Å²) in [5.74, 6) is -0.432. The maximum Gasteiger partial charge on any atom is 0.275 e. The lowest BCUT2D eigenvalue weighted by molar-refractivity contribution is -0.114. The molecule has 0 amide bonds. The van der Waals surface area contributed by atoms with Crippen LogP contribution >= 0.6 is 0 Å². The molecule has 3 rings (SSSR count). The van der Waals surface area contributed by atoms with Crippen molar-refractivity contribution >= 4 is 22.4 Å². The fourth-order valence-corrected chi connectivity index (χ4v) is 2.96. The minimum Gasteiger partial charge on any atom is -0.394 e. The number of pyridine rings is 1. The monoisotopic (exact) mass is 350 g/mol. The quantitative estimate of drug-likeness (QED) is 0.709. The van der Waals surface area contributed by atoms with Crippen LogP contribution < -0.4 is 11.3 Å². The topological polar surface area (TPSA) is 65.1 Å². The van der Waals surface area contributed by atoms with Gasteiger partial charge in [-0.25, -0.2) is 4.39 Å². The molecular formula is C21H19FN2O2. The van der Waals surface area contributed by atoms with E-state index in [9.17, 15) is 14.0 Å². The van der Waals surface area contributed by atoms with Crippen LogP contribution in [0.5, 0.6) is 0 Å². The number of nitrogens with two attached hydrogens (primary N) is 1. The van der Waals surface area contributed by atoms with Crippen molar-refractivity contribution in [1.82, 2.24) is 4.57 Å². The second-order valence-electron chi connectivity index (χ2n) is 5.95. The second-order valence-corrected chi connectivity index (χ2v) is 5.95. The summed E-state index contributed by atoms with van der Waals surface area (Å²) in [5.41, 5.74) is 7.68. The standard InChI is InChI=1S/C21H19FN2O2/c1-2-16(25)9-6-12-24-18-11-10-15(22)13-17(18)19(20(23)21(24)26)14-7-4-3-5-8-14/h3-11,13H,2,12,23H2,1H3/b9-6+. The van der Waals surface area contributed by atoms with Gasteiger partial charge in [-0.2, -0.15) is 0 Å². The van der Waals surface area contributed by atoms with E-state index in [1.165, 1.54) is 22.8 Å². The minimum absolute atomic E-state index is 0.0257. The number of nitrogen functional groups attached to an aromatic ring is 1. The zero-order valence-corrected chi connectivity index (χ0v) is 14.4. The average Bonchev–Trinajstić information content (AvgIpc) is 2.65. The zero-order chi connectivity index (χ0) is 18.7. The molecule has 2 aromatic carbocycles. The predicted octanol–water partition coefficient (Wildman–Crippen LogP) is 3.93. The molecule has 26 heavy (non-hydrogen) atoms. The van der Waals surface area contributed by atoms with Gasteiger partial charge < -0.3 is 10.3 Å². The van der Waals surface area contributed by atoms with Crippen LogP contribution in [0.15, 0.2) is 65.5 Å². The number of hydrogen-bond donors (Lipinski definition) is 1. The molecule has 0 atom stereocenters. The van der Waals surface area contributed by atoms with Crippen LogP contribution in [0.4, 0.5) is 10.1 Å². The smallest absolute Gasteiger partial charge is 0.275 e. The van der Waals surface area contributed by atoms with Gasteiger partial charge >= 0.3 is 0 Å². The number of benzene rings is 2. The fourth-order valence-electron chi connectivity index (χ4n) is 2.96. The third kappa shape index (κ3) is 3.28. The van der Waals surface area contributed by atoms with Crippen LogP contribution in [0.25, 0.3) is 22.0 Å². The summed E-state index contributed by atoms with van der Waals surface area (Å²) in [7, 11) is 0. The number of fused-ring (bicyclic) bond motifs is 1. The van der Waals surface area contributed by atoms with Crippen molar-refractivity contribution in [3.05, 3.63) is 76.9 Å². The molecule has 2 N–H and O–H groups in total. The molecule has 0 aliphatic rings. The number of nitrogens with zero attached hydrogens (tertiary/aromatic N) is 1. The van der Waals surface area contributed by atoms with Gasteiger partial charge in [-0.1, -0.05) is 43.3 Å². The van der Waals surface area contributed by atoms with E-state index in [1.54, 1.807) is 19.1 Å². The molecule has 1 aromatic heterocycles. The van der Waals surface area contributed by atoms with Gasteiger partial charge in [-0.3, -0.25) is 9.59 Å². The van der Waals surface area contributed by atoms with Gasteiger partial charge in [0.25, 0.3) is 5.56 Å². The van der Waals surface area contributed by atoms with E-state index < -0.39 is 5.82 Å². The molecule has 0 saturated carbocycles. The second kappa shape index (κ2) is 7.35. The summed E-state index contributed by atoms with van der Waals surface area (Å²) in [5, 5.41) is 0.559. The van der Waals surface area contributed by atoms with E-state index >= 15 is 0 Å². The first-order chi connectivity index (χ1) is 12.5. The molecule has 0 aliphatic heterocycles. The van der Waals surface area contributed by atoms with Crippen LogP contribution in [-0.4, -0.2) is 10.4 Å². The number of halogens is 1. The summed E-state index contributed by atoms with van der Waals surface area (Å²) in [6.45, 7) is 1.95. The van der Waals surface area contributed by atoms with E-state index in [0.29, 0.717) is 22.9 Å². The molecule has 0 spiro atoms. The van der Waals surface area contributed by atoms with Crippen LogP contribution in [0.3, 0.4) is 0 Å². The van der Waals surface area contributed by atoms with Crippen molar-refractivity contribution < 1.29 is 9.18 Å². The van der Waals surface area contributed by atoms with Crippen molar-refractivity contribution in [2.24, 2.45) is 0 Å². The van der Waals surface area contributed by atoms with Crippen molar-refractivity contribution in [3.8, 4) is 11.1 Å². The van der Waals surface area contributed by atoms with Gasteiger partial charge in [0.15, 0.2) is 5.78 Å². The van der Waals surface area contributed by atoms with Crippen LogP contribution in [0.2, 0.25) is 0 Å². The Labute approximate surface area is 150 Å². The summed E-state index contributed by atoms with van der Waals surface area (Å²) < 4.78 is 15.4. The molecule has 0 aliphatic carbocycles. The number of allylic oxidation sites excluding steroid dienone is 2. The van der Waals surface area contributed by atoms with E-state index in [4.69, 9.17) is 5.73 Å². The Bertz CT molecular complexity index is 1050. The highest BCUT2D eigenvalue weighted by molar-refractivity contribution is 6.00. The maximum absolute atomic E-state index is 13.9. The summed E-state index contributed by atoms with van der Waals surface area (Å²) in [4.78, 5) is 24.3. The molecule has 0 bridgehead atoms. The van der Waals surface area contributed by atoms with Crippen molar-refractivity contribution in [2.45, 2.75) is 19.9 Å². The first kappa shape index (κ1) is 17.6. The van der Waals surface area contributed by atoms with Gasteiger partial charge in [0.05, 0.1) is 5.52 Å². The lowest BCUT2D eigenvalue weighted by atomic mass is 9.99. The molecule has 0 saturated heterocycles. The largest absolute Gasteiger partial charge is 0.394 e. The third-order valence-electron chi connectivity index (χ3n) is 4.27. The minimum atomic E-state index is -0.406. The third-order valence-corrected chi connectivity index (χ3v) is 4.27. The van der Waals surface area contributed by atoms with Gasteiger partial charge in [-0.05, 0) is 29.8 Å². The number of rotatable bonds is 5. The normalized spacial score (nSPS) is 11.3. The first-order valence-corrected chi connectivity index (χ1v) is 8.39. The number of aromatic nitrogens is 1. The Balaban J connectivity index is 2.26. The number of ketones is 1. The number of anilines is 1. The molecule has 5 heteroatoms. The van der Waals surface area contributed by atoms with Gasteiger partial charge in [-0.15, -0.1) is 0 Å². The van der Waals surface area contributed by atoms with Crippen molar-refractivity contribution in [2.75, 3.05) is 5.73 Å². The van der Waals surface area contributed by atoms with Gasteiger partial charge in [0.1, 0.15) is 11.5 Å². The summed E-state index contributed by atoms with van der Waals surface area (Å²) in [6.07, 6.45) is 3.47. The molecular weight excluding hydrogens is 331 g/mol. The van der Waals surface area contributed by atoms with E-state index in [0.717, 1.165) is 5.56 Å². The molecule has 0 radical (unpaired) electrons. The summed E-state index contributed by atoms with van der Waals surface area (Å²) >= 11 is 0. The zero-order valence-electron chi connectivity index (χ0n) is 14.4. The summed E-state index contributed by atoms with van der Waals surface area (Å²) in [6, 6.07) is 13.5. The Morgan fingerprint density at radius 1 is 1.19 bits per heavy atom. The van der Waals surface area contributed by atoms with Gasteiger partial charge in [0, 0.05) is 23.9 Å².